The number of nitrogens with two attached hydrogens (primary N) is 1. The van der Waals surface area contributed by atoms with Crippen molar-refractivity contribution in [3.8, 4) is 0 Å². The van der Waals surface area contributed by atoms with E-state index in [1.54, 1.807) is 23.6 Å². The van der Waals surface area contributed by atoms with Gasteiger partial charge in [0.15, 0.2) is 0 Å². The van der Waals surface area contributed by atoms with Gasteiger partial charge in [0.1, 0.15) is 17.4 Å². The average molecular weight is 265 g/mol. The van der Waals surface area contributed by atoms with Gasteiger partial charge in [-0.2, -0.15) is 5.10 Å². The minimum atomic E-state index is -0.113. The van der Waals surface area contributed by atoms with Crippen LogP contribution >= 0.6 is 11.3 Å². The second kappa shape index (κ2) is 5.18. The quantitative estimate of drug-likeness (QED) is 0.867. The molecule has 0 bridgehead atoms. The van der Waals surface area contributed by atoms with E-state index in [2.05, 4.69) is 15.4 Å². The summed E-state index contributed by atoms with van der Waals surface area (Å²) in [6.45, 7) is 4.00. The van der Waals surface area contributed by atoms with Crippen LogP contribution in [0.1, 0.15) is 23.7 Å². The largest absolute Gasteiger partial charge is 0.382 e. The second-order valence-electron chi connectivity index (χ2n) is 4.05. The highest BCUT2D eigenvalue weighted by molar-refractivity contribution is 7.09. The number of carbonyl (C=O) groups excluding carboxylic acids is 1. The summed E-state index contributed by atoms with van der Waals surface area (Å²) in [6, 6.07) is 1.56. The van der Waals surface area contributed by atoms with Crippen molar-refractivity contribution >= 4 is 23.1 Å². The van der Waals surface area contributed by atoms with Gasteiger partial charge in [-0.05, 0) is 19.9 Å². The number of amides is 1. The zero-order valence-electron chi connectivity index (χ0n) is 10.3. The third kappa shape index (κ3) is 3.07. The summed E-state index contributed by atoms with van der Waals surface area (Å²) in [5.74, 6) is 0.296. The topological polar surface area (TPSA) is 85.8 Å². The zero-order valence-corrected chi connectivity index (χ0v) is 11.1. The number of nitrogens with zero attached hydrogens (tertiary/aromatic N) is 3. The van der Waals surface area contributed by atoms with Gasteiger partial charge in [0, 0.05) is 17.3 Å². The molecule has 0 radical (unpaired) electrons. The molecule has 0 spiro atoms. The molecule has 0 aliphatic heterocycles. The maximum atomic E-state index is 11.8. The van der Waals surface area contributed by atoms with Gasteiger partial charge in [0.2, 0.25) is 5.91 Å². The van der Waals surface area contributed by atoms with Gasteiger partial charge >= 0.3 is 0 Å². The van der Waals surface area contributed by atoms with Crippen LogP contribution in [0.2, 0.25) is 0 Å². The van der Waals surface area contributed by atoms with Crippen molar-refractivity contribution in [3.63, 3.8) is 0 Å². The number of hydrogen-bond donors (Lipinski definition) is 2. The molecule has 6 nitrogen and oxygen atoms in total. The maximum absolute atomic E-state index is 11.8. The van der Waals surface area contributed by atoms with Crippen molar-refractivity contribution in [3.05, 3.63) is 28.3 Å². The number of hydrogen-bond acceptors (Lipinski definition) is 5. The summed E-state index contributed by atoms with van der Waals surface area (Å²) in [5, 5.41) is 9.70. The van der Waals surface area contributed by atoms with Crippen molar-refractivity contribution in [2.45, 2.75) is 26.4 Å². The molecular formula is C11H15N5OS. The molecule has 0 fully saturated rings. The fourth-order valence-corrected chi connectivity index (χ4v) is 2.34. The van der Waals surface area contributed by atoms with Gasteiger partial charge in [-0.15, -0.1) is 11.3 Å². The number of rotatable bonds is 4. The first kappa shape index (κ1) is 12.6. The van der Waals surface area contributed by atoms with Crippen LogP contribution in [0.25, 0.3) is 0 Å². The zero-order chi connectivity index (χ0) is 13.1. The van der Waals surface area contributed by atoms with Crippen LogP contribution in [-0.4, -0.2) is 20.7 Å². The van der Waals surface area contributed by atoms with E-state index in [9.17, 15) is 4.79 Å². The Morgan fingerprint density at radius 3 is 3.00 bits per heavy atom. The Balaban J connectivity index is 1.91. The first-order valence-corrected chi connectivity index (χ1v) is 6.43. The van der Waals surface area contributed by atoms with Gasteiger partial charge in [-0.25, -0.2) is 4.98 Å². The molecule has 18 heavy (non-hydrogen) atoms. The highest BCUT2D eigenvalue weighted by Crippen LogP contribution is 2.17. The molecule has 1 atom stereocenters. The van der Waals surface area contributed by atoms with Crippen molar-refractivity contribution in [1.29, 1.82) is 0 Å². The van der Waals surface area contributed by atoms with E-state index in [0.717, 1.165) is 10.7 Å². The van der Waals surface area contributed by atoms with Crippen LogP contribution in [0, 0.1) is 6.92 Å². The molecule has 3 N–H and O–H groups in total. The molecule has 2 aromatic heterocycles. The van der Waals surface area contributed by atoms with Crippen LogP contribution in [-0.2, 0) is 11.3 Å². The smallest absolute Gasteiger partial charge is 0.242 e. The predicted octanol–water partition coefficient (Wildman–Crippen LogP) is 1.11. The molecule has 2 rings (SSSR count). The number of anilines is 1. The highest BCUT2D eigenvalue weighted by atomic mass is 32.1. The molecule has 0 saturated heterocycles. The van der Waals surface area contributed by atoms with E-state index in [0.29, 0.717) is 5.82 Å². The Morgan fingerprint density at radius 1 is 1.67 bits per heavy atom. The summed E-state index contributed by atoms with van der Waals surface area (Å²) in [6.07, 6.45) is 1.67. The number of nitrogen functional groups attached to an aromatic ring is 1. The number of aryl methyl sites for hydroxylation is 1. The van der Waals surface area contributed by atoms with Gasteiger partial charge in [0.25, 0.3) is 0 Å². The predicted molar refractivity (Wildman–Crippen MR) is 70.0 cm³/mol. The van der Waals surface area contributed by atoms with Gasteiger partial charge in [-0.1, -0.05) is 0 Å². The molecule has 0 aliphatic carbocycles. The number of nitrogens with one attached hydrogen (secondary N) is 1. The molecule has 96 valence electrons. The monoisotopic (exact) mass is 265 g/mol. The molecule has 7 heteroatoms. The van der Waals surface area contributed by atoms with E-state index < -0.39 is 0 Å². The van der Waals surface area contributed by atoms with Crippen LogP contribution in [0.15, 0.2) is 17.6 Å². The normalized spacial score (nSPS) is 12.3. The van der Waals surface area contributed by atoms with Gasteiger partial charge in [0.05, 0.1) is 6.04 Å². The van der Waals surface area contributed by atoms with Crippen LogP contribution in [0.4, 0.5) is 5.82 Å². The molecule has 2 heterocycles. The maximum Gasteiger partial charge on any atom is 0.242 e. The molecule has 0 aliphatic rings. The highest BCUT2D eigenvalue weighted by Gasteiger charge is 2.13. The molecular weight excluding hydrogens is 250 g/mol. The fourth-order valence-electron chi connectivity index (χ4n) is 1.53. The Bertz CT molecular complexity index is 547. The van der Waals surface area contributed by atoms with Crippen molar-refractivity contribution in [2.75, 3.05) is 5.73 Å². The molecule has 0 saturated carbocycles. The van der Waals surface area contributed by atoms with Crippen LogP contribution < -0.4 is 11.1 Å². The van der Waals surface area contributed by atoms with E-state index in [1.807, 2.05) is 19.2 Å². The Hall–Kier alpha value is -1.89. The van der Waals surface area contributed by atoms with Crippen LogP contribution in [0.3, 0.4) is 0 Å². The number of thiazole rings is 1. The lowest BCUT2D eigenvalue weighted by Crippen LogP contribution is -2.30. The molecule has 0 aromatic carbocycles. The number of carbonyl (C=O) groups is 1. The fraction of sp³-hybridized carbons (Fsp3) is 0.364. The summed E-state index contributed by atoms with van der Waals surface area (Å²) in [7, 11) is 0. The standard InChI is InChI=1S/C11H15N5OS/c1-7-6-18-11(13-7)8(2)14-10(17)5-16-4-3-9(12)15-16/h3-4,6,8H,5H2,1-2H3,(H2,12,15)(H,14,17). The lowest BCUT2D eigenvalue weighted by molar-refractivity contribution is -0.122. The van der Waals surface area contributed by atoms with Gasteiger partial charge < -0.3 is 11.1 Å². The van der Waals surface area contributed by atoms with Crippen molar-refractivity contribution < 1.29 is 4.79 Å². The Kier molecular flexibility index (Phi) is 3.61. The summed E-state index contributed by atoms with van der Waals surface area (Å²) in [4.78, 5) is 16.1. The van der Waals surface area contributed by atoms with E-state index in [-0.39, 0.29) is 18.5 Å². The summed E-state index contributed by atoms with van der Waals surface area (Å²) < 4.78 is 1.50. The Morgan fingerprint density at radius 2 is 2.44 bits per heavy atom. The van der Waals surface area contributed by atoms with Gasteiger partial charge in [-0.3, -0.25) is 9.48 Å². The van der Waals surface area contributed by atoms with Crippen LogP contribution in [0.5, 0.6) is 0 Å². The second-order valence-corrected chi connectivity index (χ2v) is 4.94. The summed E-state index contributed by atoms with van der Waals surface area (Å²) in [5.41, 5.74) is 6.45. The number of aromatic nitrogens is 3. The van der Waals surface area contributed by atoms with E-state index >= 15 is 0 Å². The average Bonchev–Trinajstić information content (AvgIpc) is 2.87. The minimum absolute atomic E-state index is 0.0934. The third-order valence-electron chi connectivity index (χ3n) is 2.35. The lowest BCUT2D eigenvalue weighted by Gasteiger charge is -2.11. The molecule has 1 unspecified atom stereocenters. The minimum Gasteiger partial charge on any atom is -0.382 e. The van der Waals surface area contributed by atoms with Crippen molar-refractivity contribution in [1.82, 2.24) is 20.1 Å². The van der Waals surface area contributed by atoms with Crippen molar-refractivity contribution in [2.24, 2.45) is 0 Å². The summed E-state index contributed by atoms with van der Waals surface area (Å²) >= 11 is 1.54. The lowest BCUT2D eigenvalue weighted by atomic mass is 10.3. The first-order chi connectivity index (χ1) is 8.54. The first-order valence-electron chi connectivity index (χ1n) is 5.55. The van der Waals surface area contributed by atoms with E-state index in [4.69, 9.17) is 5.73 Å². The third-order valence-corrected chi connectivity index (χ3v) is 3.50. The molecule has 1 amide bonds. The molecule has 2 aromatic rings. The van der Waals surface area contributed by atoms with E-state index in [1.165, 1.54) is 4.68 Å². The Labute approximate surface area is 109 Å². The SMILES string of the molecule is Cc1csc(C(C)NC(=O)Cn2ccc(N)n2)n1.